The highest BCUT2D eigenvalue weighted by molar-refractivity contribution is 6.52. The van der Waals surface area contributed by atoms with Crippen LogP contribution in [0.25, 0.3) is 5.69 Å². The van der Waals surface area contributed by atoms with Crippen molar-refractivity contribution in [3.05, 3.63) is 112 Å². The van der Waals surface area contributed by atoms with Crippen molar-refractivity contribution in [2.24, 2.45) is 0 Å². The molecule has 37 heavy (non-hydrogen) atoms. The second kappa shape index (κ2) is 10.2. The highest BCUT2D eigenvalue weighted by Gasteiger charge is 2.33. The highest BCUT2D eigenvalue weighted by Crippen LogP contribution is 2.37. The van der Waals surface area contributed by atoms with Gasteiger partial charge in [0.15, 0.2) is 0 Å². The molecular weight excluding hydrogens is 520 g/mol. The van der Waals surface area contributed by atoms with Crippen LogP contribution in [0.1, 0.15) is 33.9 Å². The van der Waals surface area contributed by atoms with E-state index in [0.717, 1.165) is 30.3 Å². The molecule has 0 fully saturated rings. The fourth-order valence-corrected chi connectivity index (χ4v) is 4.57. The molecule has 0 radical (unpaired) electrons. The number of aryl methyl sites for hydroxylation is 1. The van der Waals surface area contributed by atoms with Crippen LogP contribution in [0.5, 0.6) is 0 Å². The first-order chi connectivity index (χ1) is 17.3. The number of alkyl halides is 6. The van der Waals surface area contributed by atoms with Gasteiger partial charge in [0, 0.05) is 17.8 Å². The first-order valence-electron chi connectivity index (χ1n) is 11.2. The average molecular weight is 539 g/mol. The van der Waals surface area contributed by atoms with Crippen molar-refractivity contribution in [1.29, 1.82) is 0 Å². The third-order valence-corrected chi connectivity index (χ3v) is 6.35. The van der Waals surface area contributed by atoms with Crippen molar-refractivity contribution in [3.63, 3.8) is 0 Å². The van der Waals surface area contributed by atoms with Crippen molar-refractivity contribution < 1.29 is 30.7 Å². The Labute approximate surface area is 214 Å². The van der Waals surface area contributed by atoms with Crippen LogP contribution in [0, 0.1) is 12.7 Å². The molecule has 1 aromatic heterocycles. The van der Waals surface area contributed by atoms with Gasteiger partial charge in [-0.1, -0.05) is 54.3 Å². The van der Waals surface area contributed by atoms with Gasteiger partial charge in [0.05, 0.1) is 27.6 Å². The van der Waals surface area contributed by atoms with Crippen molar-refractivity contribution in [1.82, 2.24) is 9.55 Å². The van der Waals surface area contributed by atoms with E-state index >= 15 is 0 Å². The Kier molecular flexibility index (Phi) is 7.42. The first-order valence-corrected chi connectivity index (χ1v) is 11.6. The number of rotatable bonds is 6. The van der Waals surface area contributed by atoms with Crippen LogP contribution in [0.15, 0.2) is 72.9 Å². The van der Waals surface area contributed by atoms with Crippen LogP contribution >= 0.6 is 11.6 Å². The topological polar surface area (TPSA) is 17.8 Å². The number of aromatic nitrogens is 2. The van der Waals surface area contributed by atoms with Crippen LogP contribution in [0.2, 0.25) is 11.3 Å². The van der Waals surface area contributed by atoms with Crippen molar-refractivity contribution in [3.8, 4) is 5.69 Å². The minimum atomic E-state index is -4.61. The van der Waals surface area contributed by atoms with Crippen LogP contribution in [0.3, 0.4) is 0 Å². The molecule has 4 aromatic rings. The normalized spacial score (nSPS) is 12.3. The smallest absolute Gasteiger partial charge is 0.308 e. The predicted octanol–water partition coefficient (Wildman–Crippen LogP) is 7.32. The zero-order valence-corrected chi connectivity index (χ0v) is 20.1. The Morgan fingerprint density at radius 2 is 1.43 bits per heavy atom. The van der Waals surface area contributed by atoms with E-state index in [9.17, 15) is 30.7 Å². The summed E-state index contributed by atoms with van der Waals surface area (Å²) in [5.41, 5.74) is 0.290. The summed E-state index contributed by atoms with van der Waals surface area (Å²) in [5, 5.41) is 0.134. The number of nitrogens with zero attached hydrogens (tertiary/aromatic N) is 2. The van der Waals surface area contributed by atoms with Gasteiger partial charge >= 0.3 is 12.4 Å². The van der Waals surface area contributed by atoms with Crippen LogP contribution in [-0.2, 0) is 12.4 Å². The van der Waals surface area contributed by atoms with Gasteiger partial charge in [-0.2, -0.15) is 26.3 Å². The Balaban J connectivity index is 1.75. The maximum atomic E-state index is 13.6. The fourth-order valence-electron chi connectivity index (χ4n) is 4.32. The summed E-state index contributed by atoms with van der Waals surface area (Å²) in [5.74, 6) is -1.32. The van der Waals surface area contributed by atoms with Gasteiger partial charge in [0.25, 0.3) is 0 Å². The minimum Gasteiger partial charge on any atom is -0.308 e. The molecule has 0 spiro atoms. The van der Waals surface area contributed by atoms with E-state index in [-0.39, 0.29) is 29.7 Å². The zero-order chi connectivity index (χ0) is 27.0. The monoisotopic (exact) mass is 538 g/mol. The van der Waals surface area contributed by atoms with Gasteiger partial charge in [-0.25, -0.2) is 4.39 Å². The Morgan fingerprint density at radius 3 is 1.95 bits per heavy atom. The summed E-state index contributed by atoms with van der Waals surface area (Å²) in [6.45, 7) is 1.76. The lowest BCUT2D eigenvalue weighted by atomic mass is 9.65. The SMILES string of the molecule is Cc1cnc(BCC(c2cccc(C(F)(F)F)c2)c2cccc(C(F)(F)F)c2)n1-c1ccc(F)cc1Cl. The molecule has 0 aliphatic carbocycles. The summed E-state index contributed by atoms with van der Waals surface area (Å²) in [4.78, 5) is 4.38. The molecule has 11 heteroatoms. The van der Waals surface area contributed by atoms with E-state index in [1.54, 1.807) is 17.7 Å². The molecule has 0 saturated heterocycles. The Bertz CT molecular complexity index is 1360. The van der Waals surface area contributed by atoms with E-state index in [1.165, 1.54) is 36.4 Å². The molecule has 0 N–H and O–H groups in total. The third kappa shape index (κ3) is 6.01. The van der Waals surface area contributed by atoms with E-state index in [1.807, 2.05) is 0 Å². The van der Waals surface area contributed by atoms with Gasteiger partial charge in [0.2, 0.25) is 7.28 Å². The lowest BCUT2D eigenvalue weighted by Gasteiger charge is -2.21. The number of hydrogen-bond donors (Lipinski definition) is 0. The molecule has 3 aromatic carbocycles. The van der Waals surface area contributed by atoms with Gasteiger partial charge in [0.1, 0.15) is 5.82 Å². The minimum absolute atomic E-state index is 0.134. The Morgan fingerprint density at radius 1 is 0.865 bits per heavy atom. The first kappa shape index (κ1) is 26.8. The van der Waals surface area contributed by atoms with Crippen LogP contribution in [0.4, 0.5) is 30.7 Å². The van der Waals surface area contributed by atoms with Crippen LogP contribution in [-0.4, -0.2) is 16.8 Å². The molecule has 192 valence electrons. The number of imidazole rings is 1. The summed E-state index contributed by atoms with van der Waals surface area (Å²) < 4.78 is 95.8. The maximum absolute atomic E-state index is 13.6. The third-order valence-electron chi connectivity index (χ3n) is 6.05. The molecular formula is C26H19BClF7N2. The van der Waals surface area contributed by atoms with Crippen molar-refractivity contribution >= 4 is 24.6 Å². The zero-order valence-electron chi connectivity index (χ0n) is 19.3. The lowest BCUT2D eigenvalue weighted by molar-refractivity contribution is -0.138. The quantitative estimate of drug-likeness (QED) is 0.186. The van der Waals surface area contributed by atoms with Crippen LogP contribution < -0.4 is 5.72 Å². The molecule has 2 nitrogen and oxygen atoms in total. The maximum Gasteiger partial charge on any atom is 0.416 e. The van der Waals surface area contributed by atoms with Gasteiger partial charge in [-0.3, -0.25) is 4.98 Å². The molecule has 4 rings (SSSR count). The lowest BCUT2D eigenvalue weighted by Crippen LogP contribution is -2.28. The molecule has 0 aliphatic rings. The summed E-state index contributed by atoms with van der Waals surface area (Å²) >= 11 is 6.24. The van der Waals surface area contributed by atoms with Crippen molar-refractivity contribution in [2.75, 3.05) is 0 Å². The van der Waals surface area contributed by atoms with Gasteiger partial charge < -0.3 is 4.57 Å². The average Bonchev–Trinajstić information content (AvgIpc) is 3.18. The summed E-state index contributed by atoms with van der Waals surface area (Å²) in [7, 11) is 0.193. The van der Waals surface area contributed by atoms with Crippen molar-refractivity contribution in [2.45, 2.75) is 31.5 Å². The molecule has 0 aliphatic heterocycles. The van der Waals surface area contributed by atoms with E-state index < -0.39 is 35.2 Å². The van der Waals surface area contributed by atoms with E-state index in [2.05, 4.69) is 4.98 Å². The summed E-state index contributed by atoms with van der Waals surface area (Å²) in [6, 6.07) is 13.0. The predicted molar refractivity (Wildman–Crippen MR) is 130 cm³/mol. The molecule has 1 heterocycles. The fraction of sp³-hybridized carbons (Fsp3) is 0.192. The molecule has 0 saturated carbocycles. The molecule has 0 amide bonds. The second-order valence-electron chi connectivity index (χ2n) is 8.58. The number of benzene rings is 3. The van der Waals surface area contributed by atoms with Gasteiger partial charge in [-0.05, 0) is 48.4 Å². The summed E-state index contributed by atoms with van der Waals surface area (Å²) in [6.07, 6.45) is -7.50. The van der Waals surface area contributed by atoms with Gasteiger partial charge in [-0.15, -0.1) is 0 Å². The highest BCUT2D eigenvalue weighted by atomic mass is 35.5. The molecule has 0 bridgehead atoms. The van der Waals surface area contributed by atoms with E-state index in [4.69, 9.17) is 11.6 Å². The number of halogens is 8. The second-order valence-corrected chi connectivity index (χ2v) is 8.99. The van der Waals surface area contributed by atoms with E-state index in [0.29, 0.717) is 17.1 Å². The largest absolute Gasteiger partial charge is 0.416 e. The molecule has 0 unspecified atom stereocenters. The molecule has 0 atom stereocenters. The number of hydrogen-bond acceptors (Lipinski definition) is 1. The standard InChI is InChI=1S/C26H19BClF7N2/c1-15-14-36-24(37(15)23-9-8-20(29)12-22(23)28)27-13-21(16-4-2-6-18(10-16)25(30,31)32)17-5-3-7-19(11-17)26(33,34)35/h2-12,14,21,27H,13H2,1H3. The Hall–Kier alpha value is -3.27.